The highest BCUT2D eigenvalue weighted by atomic mass is 16.2. The van der Waals surface area contributed by atoms with Crippen LogP contribution in [0.25, 0.3) is 11.2 Å². The summed E-state index contributed by atoms with van der Waals surface area (Å²) in [7, 11) is 0. The number of H-pyrrole nitrogens is 1. The molecule has 0 aliphatic carbocycles. The lowest BCUT2D eigenvalue weighted by Crippen LogP contribution is -2.31. The lowest BCUT2D eigenvalue weighted by molar-refractivity contribution is 0.503. The first-order chi connectivity index (χ1) is 13.0. The van der Waals surface area contributed by atoms with Crippen LogP contribution < -0.4 is 17.0 Å². The second-order valence-corrected chi connectivity index (χ2v) is 6.04. The zero-order valence-electron chi connectivity index (χ0n) is 14.4. The summed E-state index contributed by atoms with van der Waals surface area (Å²) < 4.78 is 4.86. The van der Waals surface area contributed by atoms with Gasteiger partial charge in [-0.05, 0) is 6.92 Å². The third kappa shape index (κ3) is 3.19. The molecule has 0 unspecified atom stereocenters. The Bertz CT molecular complexity index is 1230. The van der Waals surface area contributed by atoms with E-state index in [4.69, 9.17) is 5.73 Å². The highest BCUT2D eigenvalue weighted by molar-refractivity contribution is 5.81. The molecule has 4 aromatic heterocycles. The molecule has 0 radical (unpaired) electrons. The molecule has 12 nitrogen and oxygen atoms in total. The van der Waals surface area contributed by atoms with Crippen molar-refractivity contribution in [2.24, 2.45) is 0 Å². The van der Waals surface area contributed by atoms with Gasteiger partial charge in [0.25, 0.3) is 5.56 Å². The number of hydrogen-bond donors (Lipinski definition) is 2. The average Bonchev–Trinajstić information content (AvgIpc) is 3.26. The number of nitrogens with zero attached hydrogens (tertiary/aromatic N) is 8. The van der Waals surface area contributed by atoms with Crippen molar-refractivity contribution >= 4 is 17.0 Å². The standard InChI is InChI=1S/C15H16N10O2/c1-9-4-23(15(27)20-14(9)26)2-3-25-6-10(21-22-25)5-24-8-19-11-12(16)17-7-18-13(11)24/h4,6-8H,2-3,5H2,1H3,(H2,16,17,18)(H,20,26,27). The fourth-order valence-corrected chi connectivity index (χ4v) is 2.70. The number of aromatic nitrogens is 9. The van der Waals surface area contributed by atoms with Crippen molar-refractivity contribution < 1.29 is 0 Å². The molecule has 4 heterocycles. The highest BCUT2D eigenvalue weighted by Crippen LogP contribution is 2.14. The molecule has 0 fully saturated rings. The molecule has 0 bridgehead atoms. The number of nitrogens with two attached hydrogens (primary N) is 1. The maximum atomic E-state index is 11.8. The van der Waals surface area contributed by atoms with Gasteiger partial charge < -0.3 is 10.3 Å². The van der Waals surface area contributed by atoms with Gasteiger partial charge in [-0.15, -0.1) is 5.10 Å². The van der Waals surface area contributed by atoms with Crippen LogP contribution in [0.5, 0.6) is 0 Å². The lowest BCUT2D eigenvalue weighted by atomic mass is 10.4. The van der Waals surface area contributed by atoms with Crippen molar-refractivity contribution in [1.82, 2.24) is 44.1 Å². The van der Waals surface area contributed by atoms with E-state index in [9.17, 15) is 9.59 Å². The van der Waals surface area contributed by atoms with Gasteiger partial charge in [-0.25, -0.2) is 19.7 Å². The van der Waals surface area contributed by atoms with Crippen molar-refractivity contribution in [2.45, 2.75) is 26.6 Å². The van der Waals surface area contributed by atoms with Crippen LogP contribution in [0.3, 0.4) is 0 Å². The molecule has 0 aromatic carbocycles. The summed E-state index contributed by atoms with van der Waals surface area (Å²) in [6, 6.07) is 0. The molecule has 4 aromatic rings. The fourth-order valence-electron chi connectivity index (χ4n) is 2.70. The number of aromatic amines is 1. The zero-order valence-corrected chi connectivity index (χ0v) is 14.4. The number of anilines is 1. The van der Waals surface area contributed by atoms with Gasteiger partial charge in [0.15, 0.2) is 11.5 Å². The van der Waals surface area contributed by atoms with E-state index >= 15 is 0 Å². The first kappa shape index (κ1) is 16.6. The van der Waals surface area contributed by atoms with Crippen molar-refractivity contribution in [1.29, 1.82) is 0 Å². The van der Waals surface area contributed by atoms with E-state index in [-0.39, 0.29) is 5.56 Å². The average molecular weight is 368 g/mol. The minimum absolute atomic E-state index is 0.323. The van der Waals surface area contributed by atoms with Gasteiger partial charge in [-0.1, -0.05) is 5.21 Å². The Morgan fingerprint density at radius 1 is 1.11 bits per heavy atom. The maximum Gasteiger partial charge on any atom is 0.328 e. The number of rotatable bonds is 5. The van der Waals surface area contributed by atoms with Crippen LogP contribution in [0.2, 0.25) is 0 Å². The molecule has 138 valence electrons. The molecule has 0 aliphatic rings. The highest BCUT2D eigenvalue weighted by Gasteiger charge is 2.10. The molecule has 27 heavy (non-hydrogen) atoms. The van der Waals surface area contributed by atoms with Crippen LogP contribution in [-0.2, 0) is 19.6 Å². The van der Waals surface area contributed by atoms with E-state index in [2.05, 4.69) is 30.2 Å². The van der Waals surface area contributed by atoms with Crippen LogP contribution in [0.4, 0.5) is 5.82 Å². The molecule has 0 amide bonds. The minimum atomic E-state index is -0.451. The fraction of sp³-hybridized carbons (Fsp3) is 0.267. The van der Waals surface area contributed by atoms with Crippen LogP contribution in [0.1, 0.15) is 11.3 Å². The Labute approximate surface area is 151 Å². The van der Waals surface area contributed by atoms with E-state index in [0.29, 0.717) is 47.9 Å². The van der Waals surface area contributed by atoms with Crippen LogP contribution in [0.15, 0.2) is 34.6 Å². The Balaban J connectivity index is 1.49. The molecule has 0 spiro atoms. The van der Waals surface area contributed by atoms with Crippen molar-refractivity contribution in [3.05, 3.63) is 57.1 Å². The van der Waals surface area contributed by atoms with Gasteiger partial charge in [-0.3, -0.25) is 19.0 Å². The van der Waals surface area contributed by atoms with Gasteiger partial charge in [0.1, 0.15) is 17.5 Å². The number of fused-ring (bicyclic) bond motifs is 1. The predicted molar refractivity (Wildman–Crippen MR) is 94.9 cm³/mol. The van der Waals surface area contributed by atoms with Crippen molar-refractivity contribution in [3.8, 4) is 0 Å². The van der Waals surface area contributed by atoms with Crippen LogP contribution in [-0.4, -0.2) is 44.1 Å². The molecule has 0 saturated heterocycles. The van der Waals surface area contributed by atoms with E-state index in [1.807, 2.05) is 0 Å². The van der Waals surface area contributed by atoms with Gasteiger partial charge in [0.05, 0.1) is 25.6 Å². The smallest absolute Gasteiger partial charge is 0.328 e. The van der Waals surface area contributed by atoms with Crippen molar-refractivity contribution in [3.63, 3.8) is 0 Å². The van der Waals surface area contributed by atoms with E-state index < -0.39 is 5.69 Å². The Kier molecular flexibility index (Phi) is 3.99. The van der Waals surface area contributed by atoms with Gasteiger partial charge in [-0.2, -0.15) is 0 Å². The molecular formula is C15H16N10O2. The zero-order chi connectivity index (χ0) is 19.0. The summed E-state index contributed by atoms with van der Waals surface area (Å²) in [6.07, 6.45) is 6.31. The summed E-state index contributed by atoms with van der Waals surface area (Å²) in [5.41, 5.74) is 7.29. The SMILES string of the molecule is Cc1cn(CCn2cc(Cn3cnc4c(N)ncnc43)nn2)c(=O)[nH]c1=O. The molecule has 0 atom stereocenters. The first-order valence-corrected chi connectivity index (χ1v) is 8.12. The Morgan fingerprint density at radius 2 is 1.96 bits per heavy atom. The number of aryl methyl sites for hydroxylation is 3. The first-order valence-electron chi connectivity index (χ1n) is 8.12. The Hall–Kier alpha value is -3.83. The van der Waals surface area contributed by atoms with Crippen LogP contribution >= 0.6 is 0 Å². The largest absolute Gasteiger partial charge is 0.382 e. The number of hydrogen-bond acceptors (Lipinski definition) is 8. The lowest BCUT2D eigenvalue weighted by Gasteiger charge is -2.05. The second-order valence-electron chi connectivity index (χ2n) is 6.04. The third-order valence-corrected chi connectivity index (χ3v) is 4.11. The Morgan fingerprint density at radius 3 is 2.81 bits per heavy atom. The molecule has 12 heteroatoms. The maximum absolute atomic E-state index is 11.8. The predicted octanol–water partition coefficient (Wildman–Crippen LogP) is -1.09. The summed E-state index contributed by atoms with van der Waals surface area (Å²) >= 11 is 0. The summed E-state index contributed by atoms with van der Waals surface area (Å²) in [5.74, 6) is 0.323. The normalized spacial score (nSPS) is 11.3. The number of imidazole rings is 1. The molecule has 3 N–H and O–H groups in total. The monoisotopic (exact) mass is 368 g/mol. The molecular weight excluding hydrogens is 352 g/mol. The topological polar surface area (TPSA) is 155 Å². The number of nitrogen functional groups attached to an aromatic ring is 1. The van der Waals surface area contributed by atoms with Gasteiger partial charge in [0.2, 0.25) is 0 Å². The molecule has 0 aliphatic heterocycles. The summed E-state index contributed by atoms with van der Waals surface area (Å²) in [5, 5.41) is 8.20. The van der Waals surface area contributed by atoms with E-state index in [1.54, 1.807) is 28.7 Å². The van der Waals surface area contributed by atoms with Crippen molar-refractivity contribution in [2.75, 3.05) is 5.73 Å². The quantitative estimate of drug-likeness (QED) is 0.450. The van der Waals surface area contributed by atoms with Gasteiger partial charge >= 0.3 is 5.69 Å². The molecule has 0 saturated carbocycles. The number of nitrogens with one attached hydrogen (secondary N) is 1. The minimum Gasteiger partial charge on any atom is -0.382 e. The summed E-state index contributed by atoms with van der Waals surface area (Å²) in [6.45, 7) is 2.86. The van der Waals surface area contributed by atoms with Gasteiger partial charge in [0, 0.05) is 18.3 Å². The molecule has 4 rings (SSSR count). The van der Waals surface area contributed by atoms with Crippen LogP contribution in [0, 0.1) is 6.92 Å². The van der Waals surface area contributed by atoms with E-state index in [0.717, 1.165) is 0 Å². The second kappa shape index (κ2) is 6.48. The summed E-state index contributed by atoms with van der Waals surface area (Å²) in [4.78, 5) is 37.8. The third-order valence-electron chi connectivity index (χ3n) is 4.11. The van der Waals surface area contributed by atoms with E-state index in [1.165, 1.54) is 17.1 Å².